The predicted octanol–water partition coefficient (Wildman–Crippen LogP) is 1.82. The number of hydrogen-bond donors (Lipinski definition) is 1. The van der Waals surface area contributed by atoms with E-state index in [1.54, 1.807) is 17.0 Å². The highest BCUT2D eigenvalue weighted by molar-refractivity contribution is 7.90. The number of carbonyl (C=O) groups is 2. The van der Waals surface area contributed by atoms with Gasteiger partial charge >= 0.3 is 5.97 Å². The van der Waals surface area contributed by atoms with Crippen LogP contribution in [0.2, 0.25) is 0 Å². The van der Waals surface area contributed by atoms with E-state index in [1.165, 1.54) is 12.1 Å². The maximum absolute atomic E-state index is 12.2. The summed E-state index contributed by atoms with van der Waals surface area (Å²) in [6, 6.07) is 6.17. The Hall–Kier alpha value is -2.09. The molecule has 0 radical (unpaired) electrons. The number of aliphatic carboxylic acids is 1. The Morgan fingerprint density at radius 2 is 1.92 bits per heavy atom. The number of benzene rings is 1. The van der Waals surface area contributed by atoms with E-state index in [0.29, 0.717) is 44.7 Å². The van der Waals surface area contributed by atoms with Gasteiger partial charge in [-0.2, -0.15) is 0 Å². The van der Waals surface area contributed by atoms with Crippen LogP contribution >= 0.6 is 0 Å². The van der Waals surface area contributed by atoms with Crippen molar-refractivity contribution in [2.24, 2.45) is 11.8 Å². The molecular formula is C18H25NO6S. The van der Waals surface area contributed by atoms with Crippen LogP contribution in [0.1, 0.15) is 26.2 Å². The minimum absolute atomic E-state index is 0.0108. The number of likely N-dealkylation sites (tertiary alicyclic amines) is 1. The molecule has 0 bridgehead atoms. The summed E-state index contributed by atoms with van der Waals surface area (Å²) in [5, 5.41) is 9.12. The minimum Gasteiger partial charge on any atom is -0.494 e. The van der Waals surface area contributed by atoms with Gasteiger partial charge in [0.1, 0.15) is 5.75 Å². The van der Waals surface area contributed by atoms with Gasteiger partial charge in [0.2, 0.25) is 5.91 Å². The van der Waals surface area contributed by atoms with Crippen LogP contribution in [0.5, 0.6) is 5.75 Å². The molecule has 2 unspecified atom stereocenters. The second-order valence-corrected chi connectivity index (χ2v) is 8.76. The summed E-state index contributed by atoms with van der Waals surface area (Å²) < 4.78 is 28.3. The zero-order valence-electron chi connectivity index (χ0n) is 15.1. The summed E-state index contributed by atoms with van der Waals surface area (Å²) in [6.45, 7) is 3.17. The van der Waals surface area contributed by atoms with Gasteiger partial charge in [-0.1, -0.05) is 6.92 Å². The van der Waals surface area contributed by atoms with E-state index < -0.39 is 15.8 Å². The van der Waals surface area contributed by atoms with Crippen molar-refractivity contribution in [1.29, 1.82) is 0 Å². The van der Waals surface area contributed by atoms with Crippen molar-refractivity contribution < 1.29 is 27.9 Å². The van der Waals surface area contributed by atoms with E-state index >= 15 is 0 Å². The molecule has 1 amide bonds. The molecule has 144 valence electrons. The molecule has 0 spiro atoms. The summed E-state index contributed by atoms with van der Waals surface area (Å²) >= 11 is 0. The molecule has 2 rings (SSSR count). The van der Waals surface area contributed by atoms with Crippen molar-refractivity contribution in [3.05, 3.63) is 24.3 Å². The largest absolute Gasteiger partial charge is 0.494 e. The van der Waals surface area contributed by atoms with Crippen LogP contribution in [-0.2, 0) is 19.4 Å². The maximum atomic E-state index is 12.2. The number of carbonyl (C=O) groups excluding carboxylic acids is 1. The van der Waals surface area contributed by atoms with E-state index in [-0.39, 0.29) is 22.6 Å². The average Bonchev–Trinajstić information content (AvgIpc) is 2.57. The van der Waals surface area contributed by atoms with Crippen LogP contribution < -0.4 is 4.74 Å². The second-order valence-electron chi connectivity index (χ2n) is 6.75. The third-order valence-electron chi connectivity index (χ3n) is 4.63. The molecule has 1 aliphatic rings. The van der Waals surface area contributed by atoms with Crippen LogP contribution in [0.3, 0.4) is 0 Å². The summed E-state index contributed by atoms with van der Waals surface area (Å²) in [5.41, 5.74) is 0. The molecule has 1 aliphatic heterocycles. The van der Waals surface area contributed by atoms with Crippen molar-refractivity contribution in [3.63, 3.8) is 0 Å². The lowest BCUT2D eigenvalue weighted by Crippen LogP contribution is -2.45. The third kappa shape index (κ3) is 5.45. The number of ether oxygens (including phenoxy) is 1. The molecule has 1 aromatic carbocycles. The fraction of sp³-hybridized carbons (Fsp3) is 0.556. The van der Waals surface area contributed by atoms with Gasteiger partial charge in [-0.3, -0.25) is 9.59 Å². The van der Waals surface area contributed by atoms with Crippen LogP contribution in [0.25, 0.3) is 0 Å². The van der Waals surface area contributed by atoms with Crippen molar-refractivity contribution in [2.45, 2.75) is 31.1 Å². The highest BCUT2D eigenvalue weighted by atomic mass is 32.2. The quantitative estimate of drug-likeness (QED) is 0.721. The van der Waals surface area contributed by atoms with Gasteiger partial charge in [0.25, 0.3) is 0 Å². The first-order valence-corrected chi connectivity index (χ1v) is 10.5. The molecule has 1 heterocycles. The average molecular weight is 383 g/mol. The van der Waals surface area contributed by atoms with Gasteiger partial charge in [0.05, 0.1) is 17.4 Å². The summed E-state index contributed by atoms with van der Waals surface area (Å²) in [5.74, 6) is -0.649. The number of carboxylic acids is 1. The lowest BCUT2D eigenvalue weighted by molar-refractivity contribution is -0.148. The van der Waals surface area contributed by atoms with Crippen LogP contribution in [0.15, 0.2) is 29.2 Å². The SMILES string of the molecule is CC1CN(C(=O)CCCOc2ccc(S(C)(=O)=O)cc2)CCC1C(=O)O. The molecule has 8 heteroatoms. The van der Waals surface area contributed by atoms with Gasteiger partial charge < -0.3 is 14.7 Å². The Labute approximate surface area is 153 Å². The van der Waals surface area contributed by atoms with Crippen LogP contribution in [-0.4, -0.2) is 56.3 Å². The standard InChI is InChI=1S/C18H25NO6S/c1-13-12-19(10-9-16(13)18(21)22)17(20)4-3-11-25-14-5-7-15(8-6-14)26(2,23)24/h5-8,13,16H,3-4,9-12H2,1-2H3,(H,21,22). The zero-order valence-corrected chi connectivity index (χ0v) is 15.9. The van der Waals surface area contributed by atoms with Crippen LogP contribution in [0.4, 0.5) is 0 Å². The topological polar surface area (TPSA) is 101 Å². The van der Waals surface area contributed by atoms with E-state index in [0.717, 1.165) is 6.26 Å². The molecule has 1 N–H and O–H groups in total. The molecule has 1 saturated heterocycles. The Morgan fingerprint density at radius 3 is 2.46 bits per heavy atom. The number of piperidine rings is 1. The van der Waals surface area contributed by atoms with E-state index in [2.05, 4.69) is 0 Å². The first-order chi connectivity index (χ1) is 12.2. The molecule has 0 aromatic heterocycles. The highest BCUT2D eigenvalue weighted by Gasteiger charge is 2.32. The lowest BCUT2D eigenvalue weighted by atomic mass is 9.87. The Morgan fingerprint density at radius 1 is 1.27 bits per heavy atom. The molecule has 7 nitrogen and oxygen atoms in total. The monoisotopic (exact) mass is 383 g/mol. The number of hydrogen-bond acceptors (Lipinski definition) is 5. The predicted molar refractivity (Wildman–Crippen MR) is 95.8 cm³/mol. The normalized spacial score (nSPS) is 20.6. The highest BCUT2D eigenvalue weighted by Crippen LogP contribution is 2.24. The smallest absolute Gasteiger partial charge is 0.306 e. The van der Waals surface area contributed by atoms with Crippen molar-refractivity contribution in [3.8, 4) is 5.75 Å². The Balaban J connectivity index is 1.73. The molecule has 26 heavy (non-hydrogen) atoms. The molecule has 2 atom stereocenters. The molecule has 0 aliphatic carbocycles. The first-order valence-electron chi connectivity index (χ1n) is 8.62. The summed E-state index contributed by atoms with van der Waals surface area (Å²) in [7, 11) is -3.22. The Bertz CT molecular complexity index is 743. The minimum atomic E-state index is -3.22. The number of carboxylic acid groups (broad SMARTS) is 1. The lowest BCUT2D eigenvalue weighted by Gasteiger charge is -2.35. The second kappa shape index (κ2) is 8.53. The molecular weight excluding hydrogens is 358 g/mol. The fourth-order valence-corrected chi connectivity index (χ4v) is 3.72. The van der Waals surface area contributed by atoms with Gasteiger partial charge in [-0.25, -0.2) is 8.42 Å². The van der Waals surface area contributed by atoms with E-state index in [1.807, 2.05) is 6.92 Å². The first kappa shape index (κ1) is 20.2. The van der Waals surface area contributed by atoms with E-state index in [4.69, 9.17) is 9.84 Å². The summed E-state index contributed by atoms with van der Waals surface area (Å²) in [6.07, 6.45) is 2.52. The van der Waals surface area contributed by atoms with Crippen LogP contribution in [0, 0.1) is 11.8 Å². The van der Waals surface area contributed by atoms with E-state index in [9.17, 15) is 18.0 Å². The number of rotatable bonds is 7. The fourth-order valence-electron chi connectivity index (χ4n) is 3.09. The number of amides is 1. The Kier molecular flexibility index (Phi) is 6.63. The van der Waals surface area contributed by atoms with Crippen molar-refractivity contribution >= 4 is 21.7 Å². The molecule has 1 fully saturated rings. The van der Waals surface area contributed by atoms with Gasteiger partial charge in [-0.05, 0) is 43.0 Å². The molecule has 1 aromatic rings. The third-order valence-corrected chi connectivity index (χ3v) is 5.76. The zero-order chi connectivity index (χ0) is 19.3. The summed E-state index contributed by atoms with van der Waals surface area (Å²) in [4.78, 5) is 25.3. The van der Waals surface area contributed by atoms with Crippen molar-refractivity contribution in [2.75, 3.05) is 26.0 Å². The van der Waals surface area contributed by atoms with Crippen molar-refractivity contribution in [1.82, 2.24) is 4.90 Å². The molecule has 0 saturated carbocycles. The van der Waals surface area contributed by atoms with Gasteiger partial charge in [0, 0.05) is 25.8 Å². The van der Waals surface area contributed by atoms with Gasteiger partial charge in [0.15, 0.2) is 9.84 Å². The number of nitrogens with zero attached hydrogens (tertiary/aromatic N) is 1. The number of sulfone groups is 1. The van der Waals surface area contributed by atoms with Gasteiger partial charge in [-0.15, -0.1) is 0 Å². The maximum Gasteiger partial charge on any atom is 0.306 e.